The molecule has 0 spiro atoms. The van der Waals surface area contributed by atoms with Crippen LogP contribution in [0.3, 0.4) is 0 Å². The number of carbonyl (C=O) groups is 1. The minimum Gasteiger partial charge on any atom is -0.530 e. The number of likely N-dealkylation sites (tertiary alicyclic amines) is 1. The summed E-state index contributed by atoms with van der Waals surface area (Å²) in [6.45, 7) is 3.91. The lowest BCUT2D eigenvalue weighted by Gasteiger charge is -2.34. The third-order valence-corrected chi connectivity index (χ3v) is 5.57. The summed E-state index contributed by atoms with van der Waals surface area (Å²) in [4.78, 5) is 12.6. The number of amides is 1. The molecule has 1 aliphatic heterocycles. The number of halogens is 1. The van der Waals surface area contributed by atoms with Crippen LogP contribution in [0.5, 0.6) is 17.2 Å². The molecule has 0 aliphatic carbocycles. The Morgan fingerprint density at radius 1 is 1.29 bits per heavy atom. The number of methoxy groups -OCH3 is 1. The van der Waals surface area contributed by atoms with Crippen LogP contribution in [0.2, 0.25) is 0 Å². The van der Waals surface area contributed by atoms with E-state index < -0.39 is 17.6 Å². The van der Waals surface area contributed by atoms with Crippen LogP contribution in [-0.4, -0.2) is 42.4 Å². The van der Waals surface area contributed by atoms with Gasteiger partial charge in [-0.25, -0.2) is 4.39 Å². The molecule has 0 radical (unpaired) electrons. The molecule has 3 rings (SSSR count). The van der Waals surface area contributed by atoms with Crippen molar-refractivity contribution in [2.24, 2.45) is 5.41 Å². The van der Waals surface area contributed by atoms with Gasteiger partial charge in [0.1, 0.15) is 17.7 Å². The Bertz CT molecular complexity index is 854. The van der Waals surface area contributed by atoms with Crippen molar-refractivity contribution in [3.8, 4) is 17.2 Å². The highest BCUT2D eigenvalue weighted by molar-refractivity contribution is 5.63. The first-order chi connectivity index (χ1) is 13.2. The number of hydrogen-bond acceptors (Lipinski definition) is 5. The van der Waals surface area contributed by atoms with Crippen LogP contribution in [0, 0.1) is 11.2 Å². The highest BCUT2D eigenvalue weighted by atomic mass is 19.1. The maximum Gasteiger partial charge on any atom is 0.169 e. The normalized spacial score (nSPS) is 22.8. The number of hydrogen-bond donors (Lipinski definition) is 1. The Morgan fingerprint density at radius 3 is 2.54 bits per heavy atom. The molecule has 2 aromatic carbocycles. The van der Waals surface area contributed by atoms with Crippen LogP contribution in [0.25, 0.3) is 0 Å². The number of carboxylic acid groups (broad SMARTS) is 1. The maximum atomic E-state index is 13.1. The Balaban J connectivity index is 1.97. The fraction of sp³-hybridized carbons (Fsp3) is 0.381. The predicted molar refractivity (Wildman–Crippen MR) is 99.0 cm³/mol. The van der Waals surface area contributed by atoms with Gasteiger partial charge in [0.05, 0.1) is 13.2 Å². The van der Waals surface area contributed by atoms with Gasteiger partial charge < -0.3 is 29.4 Å². The van der Waals surface area contributed by atoms with E-state index >= 15 is 0 Å². The third kappa shape index (κ3) is 3.75. The third-order valence-electron chi connectivity index (χ3n) is 5.57. The summed E-state index contributed by atoms with van der Waals surface area (Å²) < 4.78 is 24.4. The van der Waals surface area contributed by atoms with Gasteiger partial charge in [-0.05, 0) is 48.9 Å². The molecule has 1 fully saturated rings. The molecule has 2 aromatic rings. The molecule has 0 saturated carbocycles. The van der Waals surface area contributed by atoms with E-state index in [1.54, 1.807) is 19.1 Å². The first-order valence-corrected chi connectivity index (χ1v) is 9.00. The number of nitrogens with zero attached hydrogens (tertiary/aromatic N) is 1. The van der Waals surface area contributed by atoms with Crippen molar-refractivity contribution in [2.45, 2.75) is 25.9 Å². The minimum absolute atomic E-state index is 0.178. The molecule has 150 valence electrons. The lowest BCUT2D eigenvalue weighted by Crippen LogP contribution is -2.42. The highest BCUT2D eigenvalue weighted by Gasteiger charge is 2.47. The van der Waals surface area contributed by atoms with Crippen LogP contribution in [0.4, 0.5) is 9.18 Å². The van der Waals surface area contributed by atoms with E-state index in [-0.39, 0.29) is 24.8 Å². The van der Waals surface area contributed by atoms with Crippen molar-refractivity contribution >= 4 is 6.09 Å². The van der Waals surface area contributed by atoms with E-state index in [0.717, 1.165) is 5.56 Å². The lowest BCUT2D eigenvalue weighted by atomic mass is 9.72. The van der Waals surface area contributed by atoms with Gasteiger partial charge in [-0.2, -0.15) is 0 Å². The summed E-state index contributed by atoms with van der Waals surface area (Å²) in [6, 6.07) is 10.9. The average Bonchev–Trinajstić information content (AvgIpc) is 3.03. The molecule has 1 saturated heterocycles. The number of rotatable bonds is 5. The molecule has 0 bridgehead atoms. The van der Waals surface area contributed by atoms with E-state index in [1.165, 1.54) is 36.3 Å². The quantitative estimate of drug-likeness (QED) is 0.852. The summed E-state index contributed by atoms with van der Waals surface area (Å²) >= 11 is 0. The van der Waals surface area contributed by atoms with Crippen molar-refractivity contribution in [3.05, 3.63) is 53.8 Å². The fourth-order valence-electron chi connectivity index (χ4n) is 3.68. The minimum atomic E-state index is -1.26. The zero-order valence-corrected chi connectivity index (χ0v) is 16.0. The summed E-state index contributed by atoms with van der Waals surface area (Å²) in [6.07, 6.45) is -1.99. The van der Waals surface area contributed by atoms with Crippen LogP contribution < -0.4 is 14.6 Å². The van der Waals surface area contributed by atoms with Crippen molar-refractivity contribution in [3.63, 3.8) is 0 Å². The smallest absolute Gasteiger partial charge is 0.169 e. The second-order valence-corrected chi connectivity index (χ2v) is 7.35. The van der Waals surface area contributed by atoms with Gasteiger partial charge in [0, 0.05) is 24.4 Å². The topological polar surface area (TPSA) is 82.1 Å². The SMILES string of the molecule is COc1ccc(C2CN(C(=O)[O-])CC2(C)C(C)O)cc1Oc1ccc(F)cc1. The Hall–Kier alpha value is -2.80. The molecule has 28 heavy (non-hydrogen) atoms. The summed E-state index contributed by atoms with van der Waals surface area (Å²) in [7, 11) is 1.51. The summed E-state index contributed by atoms with van der Waals surface area (Å²) in [5.74, 6) is 0.729. The van der Waals surface area contributed by atoms with Crippen LogP contribution in [0.15, 0.2) is 42.5 Å². The standard InChI is InChI=1S/C21H24FNO5/c1-13(24)21(2)12-23(20(25)26)11-17(21)14-4-9-18(27-3)19(10-14)28-16-7-5-15(22)6-8-16/h4-10,13,17,24H,11-12H2,1-3H3,(H,25,26)/p-1. The molecule has 1 aliphatic rings. The van der Waals surface area contributed by atoms with Crippen molar-refractivity contribution < 1.29 is 28.9 Å². The molecule has 7 heteroatoms. The van der Waals surface area contributed by atoms with Crippen LogP contribution >= 0.6 is 0 Å². The van der Waals surface area contributed by atoms with Crippen molar-refractivity contribution in [1.82, 2.24) is 4.90 Å². The monoisotopic (exact) mass is 388 g/mol. The van der Waals surface area contributed by atoms with Gasteiger partial charge in [0.15, 0.2) is 11.5 Å². The van der Waals surface area contributed by atoms with E-state index in [4.69, 9.17) is 9.47 Å². The van der Waals surface area contributed by atoms with Crippen LogP contribution in [0.1, 0.15) is 25.3 Å². The summed E-state index contributed by atoms with van der Waals surface area (Å²) in [5.41, 5.74) is 0.131. The predicted octanol–water partition coefficient (Wildman–Crippen LogP) is 2.76. The number of aliphatic hydroxyl groups excluding tert-OH is 1. The molecule has 1 N–H and O–H groups in total. The molecular formula is C21H23FNO5-. The van der Waals surface area contributed by atoms with Crippen molar-refractivity contribution in [1.29, 1.82) is 0 Å². The maximum absolute atomic E-state index is 13.1. The molecule has 1 amide bonds. The lowest BCUT2D eigenvalue weighted by molar-refractivity contribution is -0.264. The average molecular weight is 388 g/mol. The highest BCUT2D eigenvalue weighted by Crippen LogP contribution is 2.47. The first kappa shape index (κ1) is 19.9. The summed E-state index contributed by atoms with van der Waals surface area (Å²) in [5, 5.41) is 21.7. The Kier molecular flexibility index (Phi) is 5.47. The van der Waals surface area contributed by atoms with Gasteiger partial charge in [-0.1, -0.05) is 13.0 Å². The first-order valence-electron chi connectivity index (χ1n) is 9.00. The largest absolute Gasteiger partial charge is 0.530 e. The number of benzene rings is 2. The van der Waals surface area contributed by atoms with Gasteiger partial charge in [-0.15, -0.1) is 0 Å². The van der Waals surface area contributed by atoms with Gasteiger partial charge >= 0.3 is 0 Å². The van der Waals surface area contributed by atoms with Gasteiger partial charge in [-0.3, -0.25) is 0 Å². The van der Waals surface area contributed by atoms with E-state index in [1.807, 2.05) is 13.0 Å². The Morgan fingerprint density at radius 2 is 1.96 bits per heavy atom. The number of carbonyl (C=O) groups excluding carboxylic acids is 1. The zero-order chi connectivity index (χ0) is 20.5. The van der Waals surface area contributed by atoms with E-state index in [0.29, 0.717) is 17.2 Å². The van der Waals surface area contributed by atoms with Crippen LogP contribution in [-0.2, 0) is 0 Å². The second-order valence-electron chi connectivity index (χ2n) is 7.35. The van der Waals surface area contributed by atoms with Gasteiger partial charge in [0.2, 0.25) is 0 Å². The molecular weight excluding hydrogens is 365 g/mol. The molecule has 3 unspecified atom stereocenters. The number of ether oxygens (including phenoxy) is 2. The molecule has 3 atom stereocenters. The Labute approximate surface area is 163 Å². The molecule has 6 nitrogen and oxygen atoms in total. The van der Waals surface area contributed by atoms with Gasteiger partial charge in [0.25, 0.3) is 0 Å². The number of aliphatic hydroxyl groups is 1. The van der Waals surface area contributed by atoms with E-state index in [2.05, 4.69) is 0 Å². The van der Waals surface area contributed by atoms with E-state index in [9.17, 15) is 19.4 Å². The fourth-order valence-corrected chi connectivity index (χ4v) is 3.68. The second kappa shape index (κ2) is 7.67. The molecule has 1 heterocycles. The van der Waals surface area contributed by atoms with Crippen molar-refractivity contribution in [2.75, 3.05) is 20.2 Å². The molecule has 0 aromatic heterocycles. The zero-order valence-electron chi connectivity index (χ0n) is 16.0.